The maximum Gasteiger partial charge on any atom is 0.355 e. The first-order valence-corrected chi connectivity index (χ1v) is 9.03. The Labute approximate surface area is 163 Å². The van der Waals surface area contributed by atoms with Crippen LogP contribution in [-0.2, 0) is 25.6 Å². The highest BCUT2D eigenvalue weighted by Crippen LogP contribution is 2.29. The van der Waals surface area contributed by atoms with E-state index in [-0.39, 0.29) is 11.3 Å². The second kappa shape index (κ2) is 8.12. The summed E-state index contributed by atoms with van der Waals surface area (Å²) in [7, 11) is 2.55. The average molecular weight is 381 g/mol. The molecule has 0 aliphatic carbocycles. The Morgan fingerprint density at radius 2 is 1.86 bits per heavy atom. The highest BCUT2D eigenvalue weighted by atomic mass is 16.5. The van der Waals surface area contributed by atoms with Gasteiger partial charge in [0.25, 0.3) is 0 Å². The van der Waals surface area contributed by atoms with E-state index < -0.39 is 11.9 Å². The van der Waals surface area contributed by atoms with E-state index in [1.165, 1.54) is 20.3 Å². The summed E-state index contributed by atoms with van der Waals surface area (Å²) >= 11 is 0. The minimum Gasteiger partial charge on any atom is -0.465 e. The summed E-state index contributed by atoms with van der Waals surface area (Å²) in [5.74, 6) is -0.319. The van der Waals surface area contributed by atoms with Crippen LogP contribution in [0.15, 0.2) is 53.9 Å². The predicted molar refractivity (Wildman–Crippen MR) is 107 cm³/mol. The van der Waals surface area contributed by atoms with Crippen molar-refractivity contribution in [3.63, 3.8) is 0 Å². The Morgan fingerprint density at radius 1 is 1.11 bits per heavy atom. The molecule has 146 valence electrons. The third-order valence-corrected chi connectivity index (χ3v) is 4.54. The van der Waals surface area contributed by atoms with Crippen molar-refractivity contribution < 1.29 is 19.1 Å². The molecule has 7 nitrogen and oxygen atoms in total. The number of imidazole rings is 1. The molecule has 2 aromatic rings. The number of carbonyl (C=O) groups is 2. The number of aromatic nitrogens is 2. The second-order valence-electron chi connectivity index (χ2n) is 6.30. The van der Waals surface area contributed by atoms with Gasteiger partial charge in [-0.3, -0.25) is 0 Å². The van der Waals surface area contributed by atoms with Gasteiger partial charge in [0.1, 0.15) is 11.5 Å². The number of benzene rings is 1. The Kier molecular flexibility index (Phi) is 5.63. The normalized spacial score (nSPS) is 13.8. The summed E-state index contributed by atoms with van der Waals surface area (Å²) in [6, 6.07) is 5.75. The van der Waals surface area contributed by atoms with Crippen molar-refractivity contribution in [3.05, 3.63) is 59.7 Å². The van der Waals surface area contributed by atoms with Crippen molar-refractivity contribution in [2.75, 3.05) is 19.1 Å². The SMILES string of the molecule is CCCn1c(C)nc2cc(N3C=CC=CC(C(=O)OC)=C3C(=O)OC)ccc21. The summed E-state index contributed by atoms with van der Waals surface area (Å²) in [5, 5.41) is 0. The molecular formula is C21H23N3O4. The van der Waals surface area contributed by atoms with Crippen LogP contribution >= 0.6 is 0 Å². The van der Waals surface area contributed by atoms with Crippen LogP contribution < -0.4 is 4.90 Å². The molecule has 0 radical (unpaired) electrons. The first kappa shape index (κ1) is 19.4. The molecule has 0 spiro atoms. The van der Waals surface area contributed by atoms with Gasteiger partial charge in [0.15, 0.2) is 0 Å². The molecule has 0 bridgehead atoms. The lowest BCUT2D eigenvalue weighted by Gasteiger charge is -2.23. The number of nitrogens with zero attached hydrogens (tertiary/aromatic N) is 3. The predicted octanol–water partition coefficient (Wildman–Crippen LogP) is 3.24. The maximum absolute atomic E-state index is 12.5. The van der Waals surface area contributed by atoms with E-state index in [0.717, 1.165) is 29.8 Å². The molecule has 1 aromatic heterocycles. The lowest BCUT2D eigenvalue weighted by molar-refractivity contribution is -0.139. The van der Waals surface area contributed by atoms with Crippen molar-refractivity contribution in [2.24, 2.45) is 0 Å². The Hall–Kier alpha value is -3.35. The summed E-state index contributed by atoms with van der Waals surface area (Å²) in [4.78, 5) is 31.0. The van der Waals surface area contributed by atoms with Crippen LogP contribution in [0.1, 0.15) is 19.2 Å². The largest absolute Gasteiger partial charge is 0.465 e. The molecule has 0 saturated heterocycles. The molecule has 28 heavy (non-hydrogen) atoms. The molecule has 0 fully saturated rings. The van der Waals surface area contributed by atoms with Gasteiger partial charge >= 0.3 is 11.9 Å². The Balaban J connectivity index is 2.16. The van der Waals surface area contributed by atoms with Crippen LogP contribution in [0.2, 0.25) is 0 Å². The first-order valence-electron chi connectivity index (χ1n) is 9.03. The topological polar surface area (TPSA) is 73.7 Å². The number of carbonyl (C=O) groups excluding carboxylic acids is 2. The molecule has 0 unspecified atom stereocenters. The molecule has 0 saturated carbocycles. The summed E-state index contributed by atoms with van der Waals surface area (Å²) in [6.45, 7) is 4.98. The number of ether oxygens (including phenoxy) is 2. The van der Waals surface area contributed by atoms with E-state index in [9.17, 15) is 9.59 Å². The van der Waals surface area contributed by atoms with Crippen LogP contribution in [0.3, 0.4) is 0 Å². The standard InChI is InChI=1S/C21H23N3O4/c1-5-11-23-14(2)22-17-13-15(9-10-18(17)23)24-12-7-6-8-16(20(25)27-3)19(24)21(26)28-4/h6-10,12-13H,5,11H2,1-4H3. The molecule has 1 aromatic carbocycles. The molecule has 3 rings (SSSR count). The van der Waals surface area contributed by atoms with Crippen molar-refractivity contribution >= 4 is 28.7 Å². The summed E-state index contributed by atoms with van der Waals surface area (Å²) < 4.78 is 11.9. The Morgan fingerprint density at radius 3 is 2.54 bits per heavy atom. The molecule has 0 amide bonds. The second-order valence-corrected chi connectivity index (χ2v) is 6.30. The Bertz CT molecular complexity index is 1010. The van der Waals surface area contributed by atoms with Gasteiger partial charge in [-0.1, -0.05) is 13.0 Å². The highest BCUT2D eigenvalue weighted by molar-refractivity contribution is 6.05. The van der Waals surface area contributed by atoms with Crippen molar-refractivity contribution in [3.8, 4) is 0 Å². The minimum absolute atomic E-state index is 0.0865. The lowest BCUT2D eigenvalue weighted by atomic mass is 10.1. The number of allylic oxidation sites excluding steroid dienone is 2. The molecule has 1 aliphatic heterocycles. The molecule has 1 aliphatic rings. The fraction of sp³-hybridized carbons (Fsp3) is 0.286. The maximum atomic E-state index is 12.5. The highest BCUT2D eigenvalue weighted by Gasteiger charge is 2.27. The van der Waals surface area contributed by atoms with Gasteiger partial charge in [-0.15, -0.1) is 0 Å². The van der Waals surface area contributed by atoms with Crippen LogP contribution in [0, 0.1) is 6.92 Å². The fourth-order valence-corrected chi connectivity index (χ4v) is 3.26. The number of rotatable bonds is 5. The smallest absolute Gasteiger partial charge is 0.355 e. The van der Waals surface area contributed by atoms with Gasteiger partial charge in [-0.25, -0.2) is 14.6 Å². The van der Waals surface area contributed by atoms with Crippen LogP contribution in [0.25, 0.3) is 11.0 Å². The van der Waals surface area contributed by atoms with Gasteiger partial charge in [-0.2, -0.15) is 0 Å². The van der Waals surface area contributed by atoms with Gasteiger partial charge in [-0.05, 0) is 43.7 Å². The van der Waals surface area contributed by atoms with E-state index in [0.29, 0.717) is 5.69 Å². The van der Waals surface area contributed by atoms with Crippen LogP contribution in [0.4, 0.5) is 5.69 Å². The molecule has 2 heterocycles. The number of anilines is 1. The molecular weight excluding hydrogens is 358 g/mol. The van der Waals surface area contributed by atoms with Gasteiger partial charge in [0.2, 0.25) is 0 Å². The summed E-state index contributed by atoms with van der Waals surface area (Å²) in [5.41, 5.74) is 2.74. The first-order chi connectivity index (χ1) is 13.5. The number of aryl methyl sites for hydroxylation is 2. The van der Waals surface area contributed by atoms with Gasteiger partial charge in [0.05, 0.1) is 30.8 Å². The quantitative estimate of drug-likeness (QED) is 0.741. The van der Waals surface area contributed by atoms with Crippen LogP contribution in [-0.4, -0.2) is 35.7 Å². The van der Waals surface area contributed by atoms with E-state index in [2.05, 4.69) is 16.5 Å². The van der Waals surface area contributed by atoms with Gasteiger partial charge in [0, 0.05) is 18.4 Å². The number of esters is 2. The zero-order valence-corrected chi connectivity index (χ0v) is 16.4. The zero-order valence-electron chi connectivity index (χ0n) is 16.4. The van der Waals surface area contributed by atoms with Crippen molar-refractivity contribution in [2.45, 2.75) is 26.8 Å². The number of methoxy groups -OCH3 is 2. The molecule has 0 N–H and O–H groups in total. The van der Waals surface area contributed by atoms with E-state index >= 15 is 0 Å². The van der Waals surface area contributed by atoms with Crippen LogP contribution in [0.5, 0.6) is 0 Å². The third-order valence-electron chi connectivity index (χ3n) is 4.54. The molecule has 0 atom stereocenters. The van der Waals surface area contributed by atoms with Crippen molar-refractivity contribution in [1.82, 2.24) is 9.55 Å². The zero-order chi connectivity index (χ0) is 20.3. The lowest BCUT2D eigenvalue weighted by Crippen LogP contribution is -2.26. The number of hydrogen-bond acceptors (Lipinski definition) is 6. The van der Waals surface area contributed by atoms with Crippen molar-refractivity contribution in [1.29, 1.82) is 0 Å². The minimum atomic E-state index is -0.635. The monoisotopic (exact) mass is 381 g/mol. The summed E-state index contributed by atoms with van der Waals surface area (Å²) in [6.07, 6.45) is 7.66. The number of hydrogen-bond donors (Lipinski definition) is 0. The van der Waals surface area contributed by atoms with Gasteiger partial charge < -0.3 is 18.9 Å². The van der Waals surface area contributed by atoms with E-state index in [4.69, 9.17) is 9.47 Å². The van der Waals surface area contributed by atoms with E-state index in [1.807, 2.05) is 25.1 Å². The van der Waals surface area contributed by atoms with E-state index in [1.54, 1.807) is 23.3 Å². The third kappa shape index (κ3) is 3.43. The average Bonchev–Trinajstić information content (AvgIpc) is 2.88. The number of fused-ring (bicyclic) bond motifs is 1. The fourth-order valence-electron chi connectivity index (χ4n) is 3.26. The molecule has 7 heteroatoms.